The smallest absolute Gasteiger partial charge is 0.0291 e. The highest BCUT2D eigenvalue weighted by atomic mass is 35.5. The van der Waals surface area contributed by atoms with Crippen molar-refractivity contribution in [1.29, 1.82) is 0 Å². The highest BCUT2D eigenvalue weighted by molar-refractivity contribution is 7.99. The van der Waals surface area contributed by atoms with Gasteiger partial charge in [0.15, 0.2) is 0 Å². The largest absolute Gasteiger partial charge is 0.316 e. The van der Waals surface area contributed by atoms with Gasteiger partial charge in [-0.05, 0) is 42.7 Å². The Labute approximate surface area is 105 Å². The van der Waals surface area contributed by atoms with Gasteiger partial charge in [0.25, 0.3) is 0 Å². The quantitative estimate of drug-likeness (QED) is 0.469. The van der Waals surface area contributed by atoms with Crippen LogP contribution in [0.2, 0.25) is 0 Å². The van der Waals surface area contributed by atoms with Gasteiger partial charge in [-0.2, -0.15) is 11.8 Å². The van der Waals surface area contributed by atoms with Crippen molar-refractivity contribution in [3.05, 3.63) is 0 Å². The van der Waals surface area contributed by atoms with Gasteiger partial charge < -0.3 is 5.32 Å². The maximum atomic E-state index is 6.04. The standard InChI is InChI=1S/C12H26ClNS/c1-4-12(5-2,10-13)11-14-8-7-9-15-6-3/h14H,4-11H2,1-3H3. The van der Waals surface area contributed by atoms with Crippen LogP contribution in [0, 0.1) is 5.41 Å². The van der Waals surface area contributed by atoms with Crippen LogP contribution in [0.3, 0.4) is 0 Å². The van der Waals surface area contributed by atoms with Crippen molar-refractivity contribution in [2.24, 2.45) is 5.41 Å². The Morgan fingerprint density at radius 2 is 1.87 bits per heavy atom. The van der Waals surface area contributed by atoms with E-state index in [1.54, 1.807) is 0 Å². The zero-order valence-electron chi connectivity index (χ0n) is 10.4. The summed E-state index contributed by atoms with van der Waals surface area (Å²) in [7, 11) is 0. The van der Waals surface area contributed by atoms with E-state index in [0.717, 1.165) is 19.0 Å². The molecule has 0 aliphatic carbocycles. The minimum Gasteiger partial charge on any atom is -0.316 e. The Morgan fingerprint density at radius 1 is 1.20 bits per heavy atom. The van der Waals surface area contributed by atoms with Crippen LogP contribution in [0.5, 0.6) is 0 Å². The van der Waals surface area contributed by atoms with Crippen LogP contribution in [0.1, 0.15) is 40.0 Å². The van der Waals surface area contributed by atoms with E-state index >= 15 is 0 Å². The second kappa shape index (κ2) is 9.80. The lowest BCUT2D eigenvalue weighted by Gasteiger charge is -2.29. The van der Waals surface area contributed by atoms with Gasteiger partial charge in [-0.1, -0.05) is 20.8 Å². The number of hydrogen-bond acceptors (Lipinski definition) is 2. The Bertz CT molecular complexity index is 129. The second-order valence-electron chi connectivity index (χ2n) is 4.07. The van der Waals surface area contributed by atoms with Gasteiger partial charge in [-0.25, -0.2) is 0 Å². The third-order valence-electron chi connectivity index (χ3n) is 3.13. The molecule has 1 nitrogen and oxygen atoms in total. The Morgan fingerprint density at radius 3 is 2.33 bits per heavy atom. The molecular formula is C12H26ClNS. The summed E-state index contributed by atoms with van der Waals surface area (Å²) >= 11 is 8.06. The predicted octanol–water partition coefficient (Wildman–Crippen LogP) is 3.76. The highest BCUT2D eigenvalue weighted by Gasteiger charge is 2.23. The van der Waals surface area contributed by atoms with E-state index < -0.39 is 0 Å². The molecule has 0 aromatic rings. The van der Waals surface area contributed by atoms with E-state index in [1.807, 2.05) is 11.8 Å². The Balaban J connectivity index is 3.54. The summed E-state index contributed by atoms with van der Waals surface area (Å²) < 4.78 is 0. The first-order valence-corrected chi connectivity index (χ1v) is 7.78. The fraction of sp³-hybridized carbons (Fsp3) is 1.00. The molecule has 0 unspecified atom stereocenters. The Kier molecular flexibility index (Phi) is 10.2. The van der Waals surface area contributed by atoms with Gasteiger partial charge in [0.1, 0.15) is 0 Å². The topological polar surface area (TPSA) is 12.0 Å². The molecule has 0 saturated heterocycles. The van der Waals surface area contributed by atoms with Gasteiger partial charge in [0.2, 0.25) is 0 Å². The molecule has 0 amide bonds. The average molecular weight is 252 g/mol. The maximum absolute atomic E-state index is 6.04. The molecule has 0 fully saturated rings. The van der Waals surface area contributed by atoms with E-state index in [0.29, 0.717) is 5.41 Å². The molecule has 1 N–H and O–H groups in total. The van der Waals surface area contributed by atoms with Crippen molar-refractivity contribution in [3.63, 3.8) is 0 Å². The van der Waals surface area contributed by atoms with Crippen molar-refractivity contribution in [1.82, 2.24) is 5.32 Å². The molecule has 0 spiro atoms. The van der Waals surface area contributed by atoms with Crippen LogP contribution in [0.15, 0.2) is 0 Å². The van der Waals surface area contributed by atoms with Gasteiger partial charge in [-0.15, -0.1) is 11.6 Å². The van der Waals surface area contributed by atoms with E-state index in [4.69, 9.17) is 11.6 Å². The summed E-state index contributed by atoms with van der Waals surface area (Å²) in [6, 6.07) is 0. The summed E-state index contributed by atoms with van der Waals surface area (Å²) in [6.07, 6.45) is 3.61. The van der Waals surface area contributed by atoms with E-state index in [-0.39, 0.29) is 0 Å². The zero-order valence-corrected chi connectivity index (χ0v) is 12.0. The van der Waals surface area contributed by atoms with Crippen molar-refractivity contribution < 1.29 is 0 Å². The number of hydrogen-bond donors (Lipinski definition) is 1. The summed E-state index contributed by atoms with van der Waals surface area (Å²) in [5, 5.41) is 3.54. The first-order valence-electron chi connectivity index (χ1n) is 6.09. The molecule has 0 radical (unpaired) electrons. The molecule has 92 valence electrons. The lowest BCUT2D eigenvalue weighted by molar-refractivity contribution is 0.287. The summed E-state index contributed by atoms with van der Waals surface area (Å²) in [6.45, 7) is 8.89. The predicted molar refractivity (Wildman–Crippen MR) is 74.2 cm³/mol. The van der Waals surface area contributed by atoms with Gasteiger partial charge in [0, 0.05) is 12.4 Å². The SMILES string of the molecule is CCSCCCNCC(CC)(CC)CCl. The summed E-state index contributed by atoms with van der Waals surface area (Å²) in [4.78, 5) is 0. The molecule has 0 heterocycles. The molecule has 0 rings (SSSR count). The van der Waals surface area contributed by atoms with Gasteiger partial charge in [0.05, 0.1) is 0 Å². The van der Waals surface area contributed by atoms with Crippen molar-refractivity contribution in [3.8, 4) is 0 Å². The molecule has 15 heavy (non-hydrogen) atoms. The maximum Gasteiger partial charge on any atom is 0.0291 e. The minimum absolute atomic E-state index is 0.319. The van der Waals surface area contributed by atoms with Gasteiger partial charge >= 0.3 is 0 Å². The fourth-order valence-corrected chi connectivity index (χ4v) is 2.64. The lowest BCUT2D eigenvalue weighted by Crippen LogP contribution is -2.35. The van der Waals surface area contributed by atoms with Crippen molar-refractivity contribution >= 4 is 23.4 Å². The molecule has 0 aromatic heterocycles. The monoisotopic (exact) mass is 251 g/mol. The third-order valence-corrected chi connectivity index (χ3v) is 4.68. The van der Waals surface area contributed by atoms with Crippen LogP contribution >= 0.6 is 23.4 Å². The number of thioether (sulfide) groups is 1. The average Bonchev–Trinajstić information content (AvgIpc) is 2.29. The number of alkyl halides is 1. The normalized spacial score (nSPS) is 12.0. The third kappa shape index (κ3) is 6.70. The molecule has 0 aromatic carbocycles. The molecule has 0 atom stereocenters. The van der Waals surface area contributed by atoms with Crippen LogP contribution in [0.4, 0.5) is 0 Å². The van der Waals surface area contributed by atoms with Crippen molar-refractivity contribution in [2.75, 3.05) is 30.5 Å². The van der Waals surface area contributed by atoms with Crippen LogP contribution in [-0.4, -0.2) is 30.5 Å². The van der Waals surface area contributed by atoms with Gasteiger partial charge in [-0.3, -0.25) is 0 Å². The molecule has 0 aliphatic heterocycles. The molecule has 0 aliphatic rings. The number of rotatable bonds is 10. The van der Waals surface area contributed by atoms with Crippen LogP contribution in [-0.2, 0) is 0 Å². The van der Waals surface area contributed by atoms with E-state index in [9.17, 15) is 0 Å². The van der Waals surface area contributed by atoms with E-state index in [2.05, 4.69) is 26.1 Å². The number of halogens is 1. The minimum atomic E-state index is 0.319. The molecule has 3 heteroatoms. The highest BCUT2D eigenvalue weighted by Crippen LogP contribution is 2.26. The summed E-state index contributed by atoms with van der Waals surface area (Å²) in [5.41, 5.74) is 0.319. The van der Waals surface area contributed by atoms with E-state index in [1.165, 1.54) is 30.8 Å². The first-order chi connectivity index (χ1) is 7.24. The van der Waals surface area contributed by atoms with Crippen LogP contribution in [0.25, 0.3) is 0 Å². The molecule has 0 bridgehead atoms. The molecular weight excluding hydrogens is 226 g/mol. The number of nitrogens with one attached hydrogen (secondary N) is 1. The first kappa shape index (κ1) is 15.6. The molecule has 0 saturated carbocycles. The fourth-order valence-electron chi connectivity index (χ4n) is 1.53. The van der Waals surface area contributed by atoms with Crippen molar-refractivity contribution in [2.45, 2.75) is 40.0 Å². The zero-order chi connectivity index (χ0) is 11.6. The van der Waals surface area contributed by atoms with Crippen LogP contribution < -0.4 is 5.32 Å². The summed E-state index contributed by atoms with van der Waals surface area (Å²) in [5.74, 6) is 3.28. The lowest BCUT2D eigenvalue weighted by atomic mass is 9.84. The Hall–Kier alpha value is 0.600. The second-order valence-corrected chi connectivity index (χ2v) is 5.73.